The number of rotatable bonds is 3. The Morgan fingerprint density at radius 2 is 2.12 bits per heavy atom. The number of amides is 2. The van der Waals surface area contributed by atoms with Gasteiger partial charge in [-0.1, -0.05) is 19.1 Å². The van der Waals surface area contributed by atoms with Crippen LogP contribution in [0.5, 0.6) is 0 Å². The Bertz CT molecular complexity index is 812. The molecule has 3 rings (SSSR count). The van der Waals surface area contributed by atoms with Gasteiger partial charge in [0, 0.05) is 24.7 Å². The largest absolute Gasteiger partial charge is 0.435 e. The van der Waals surface area contributed by atoms with E-state index in [9.17, 15) is 9.59 Å². The van der Waals surface area contributed by atoms with Crippen LogP contribution in [-0.2, 0) is 11.2 Å². The second kappa shape index (κ2) is 6.70. The fraction of sp³-hybridized carbons (Fsp3) is 0.421. The van der Waals surface area contributed by atoms with E-state index < -0.39 is 0 Å². The van der Waals surface area contributed by atoms with Gasteiger partial charge in [0.2, 0.25) is 11.7 Å². The van der Waals surface area contributed by atoms with Gasteiger partial charge in [0.1, 0.15) is 6.54 Å². The maximum absolute atomic E-state index is 12.8. The molecule has 2 aromatic rings. The molecule has 0 unspecified atom stereocenters. The summed E-state index contributed by atoms with van der Waals surface area (Å²) in [6.45, 7) is 8.11. The van der Waals surface area contributed by atoms with Crippen molar-refractivity contribution in [2.24, 2.45) is 0 Å². The summed E-state index contributed by atoms with van der Waals surface area (Å²) in [5.74, 6) is 0.415. The maximum atomic E-state index is 12.8. The van der Waals surface area contributed by atoms with Gasteiger partial charge in [-0.3, -0.25) is 9.59 Å². The molecule has 0 saturated carbocycles. The molecule has 2 heterocycles. The van der Waals surface area contributed by atoms with E-state index in [2.05, 4.69) is 4.98 Å². The van der Waals surface area contributed by atoms with Crippen molar-refractivity contribution in [3.63, 3.8) is 0 Å². The highest BCUT2D eigenvalue weighted by Crippen LogP contribution is 2.23. The Kier molecular flexibility index (Phi) is 4.61. The zero-order valence-electron chi connectivity index (χ0n) is 15.1. The molecule has 0 radical (unpaired) electrons. The standard InChI is InChI=1S/C19H23N3O3/c1-5-16-20-14(4)18(25-16)19(24)21-11-17(23)22(10-13(21)3)15-8-6-7-12(2)9-15/h6-9,13H,5,10-11H2,1-4H3/t13-/m0/s1. The highest BCUT2D eigenvalue weighted by Gasteiger charge is 2.35. The molecule has 6 heteroatoms. The SMILES string of the molecule is CCc1nc(C)c(C(=O)N2CC(=O)N(c3cccc(C)c3)C[C@@H]2C)o1. The Labute approximate surface area is 147 Å². The van der Waals surface area contributed by atoms with E-state index in [0.29, 0.717) is 24.6 Å². The zero-order valence-corrected chi connectivity index (χ0v) is 15.1. The minimum Gasteiger partial charge on any atom is -0.435 e. The summed E-state index contributed by atoms with van der Waals surface area (Å²) in [6, 6.07) is 7.72. The summed E-state index contributed by atoms with van der Waals surface area (Å²) < 4.78 is 5.56. The Balaban J connectivity index is 1.81. The first-order chi connectivity index (χ1) is 11.9. The number of carbonyl (C=O) groups excluding carboxylic acids is 2. The van der Waals surface area contributed by atoms with Crippen molar-refractivity contribution in [3.05, 3.63) is 47.2 Å². The van der Waals surface area contributed by atoms with Gasteiger partial charge >= 0.3 is 0 Å². The fourth-order valence-electron chi connectivity index (χ4n) is 3.10. The van der Waals surface area contributed by atoms with Crippen LogP contribution in [0.25, 0.3) is 0 Å². The number of hydrogen-bond donors (Lipinski definition) is 0. The zero-order chi connectivity index (χ0) is 18.1. The molecule has 6 nitrogen and oxygen atoms in total. The van der Waals surface area contributed by atoms with Crippen LogP contribution in [0.2, 0.25) is 0 Å². The minimum atomic E-state index is -0.269. The van der Waals surface area contributed by atoms with Crippen molar-refractivity contribution in [1.82, 2.24) is 9.88 Å². The van der Waals surface area contributed by atoms with Crippen molar-refractivity contribution in [2.75, 3.05) is 18.0 Å². The third kappa shape index (κ3) is 3.29. The van der Waals surface area contributed by atoms with E-state index in [1.54, 1.807) is 16.7 Å². The monoisotopic (exact) mass is 341 g/mol. The second-order valence-corrected chi connectivity index (χ2v) is 6.50. The molecule has 25 heavy (non-hydrogen) atoms. The van der Waals surface area contributed by atoms with Crippen LogP contribution in [0.15, 0.2) is 28.7 Å². The molecule has 0 aliphatic carbocycles. The Morgan fingerprint density at radius 1 is 1.36 bits per heavy atom. The van der Waals surface area contributed by atoms with Gasteiger partial charge in [0.05, 0.1) is 5.69 Å². The maximum Gasteiger partial charge on any atom is 0.292 e. The number of aromatic nitrogens is 1. The third-order valence-corrected chi connectivity index (χ3v) is 4.50. The van der Waals surface area contributed by atoms with E-state index in [-0.39, 0.29) is 30.2 Å². The fourth-order valence-corrected chi connectivity index (χ4v) is 3.10. The molecule has 1 aromatic carbocycles. The number of piperazine rings is 1. The smallest absolute Gasteiger partial charge is 0.292 e. The number of aryl methyl sites for hydroxylation is 3. The lowest BCUT2D eigenvalue weighted by Gasteiger charge is -2.39. The van der Waals surface area contributed by atoms with Crippen molar-refractivity contribution in [1.29, 1.82) is 0 Å². The molecular formula is C19H23N3O3. The van der Waals surface area contributed by atoms with Crippen LogP contribution in [0.3, 0.4) is 0 Å². The first kappa shape index (κ1) is 17.2. The number of nitrogens with zero attached hydrogens (tertiary/aromatic N) is 3. The first-order valence-electron chi connectivity index (χ1n) is 8.55. The van der Waals surface area contributed by atoms with E-state index in [0.717, 1.165) is 11.3 Å². The van der Waals surface area contributed by atoms with Crippen LogP contribution in [-0.4, -0.2) is 40.8 Å². The molecule has 2 amide bonds. The highest BCUT2D eigenvalue weighted by molar-refractivity contribution is 6.01. The van der Waals surface area contributed by atoms with Crippen LogP contribution in [0, 0.1) is 13.8 Å². The summed E-state index contributed by atoms with van der Waals surface area (Å²) in [7, 11) is 0. The molecular weight excluding hydrogens is 318 g/mol. The van der Waals surface area contributed by atoms with Gasteiger partial charge < -0.3 is 14.2 Å². The van der Waals surface area contributed by atoms with E-state index in [1.165, 1.54) is 0 Å². The van der Waals surface area contributed by atoms with Gasteiger partial charge in [0.15, 0.2) is 5.89 Å². The van der Waals surface area contributed by atoms with Crippen LogP contribution in [0.1, 0.15) is 41.6 Å². The van der Waals surface area contributed by atoms with E-state index in [4.69, 9.17) is 4.42 Å². The number of benzene rings is 1. The number of oxazole rings is 1. The molecule has 0 bridgehead atoms. The summed E-state index contributed by atoms with van der Waals surface area (Å²) in [6.07, 6.45) is 0.629. The van der Waals surface area contributed by atoms with Gasteiger partial charge in [-0.2, -0.15) is 0 Å². The molecule has 132 valence electrons. The molecule has 1 aliphatic rings. The van der Waals surface area contributed by atoms with E-state index in [1.807, 2.05) is 45.0 Å². The van der Waals surface area contributed by atoms with Crippen molar-refractivity contribution >= 4 is 17.5 Å². The Morgan fingerprint density at radius 3 is 2.76 bits per heavy atom. The summed E-state index contributed by atoms with van der Waals surface area (Å²) in [4.78, 5) is 33.0. The number of hydrogen-bond acceptors (Lipinski definition) is 4. The van der Waals surface area contributed by atoms with Crippen LogP contribution < -0.4 is 4.90 Å². The average molecular weight is 341 g/mol. The molecule has 0 spiro atoms. The van der Waals surface area contributed by atoms with Crippen molar-refractivity contribution < 1.29 is 14.0 Å². The van der Waals surface area contributed by atoms with E-state index >= 15 is 0 Å². The van der Waals surface area contributed by atoms with Gasteiger partial charge in [-0.15, -0.1) is 0 Å². The molecule has 1 saturated heterocycles. The van der Waals surface area contributed by atoms with Crippen molar-refractivity contribution in [2.45, 2.75) is 40.2 Å². The van der Waals surface area contributed by atoms with Crippen LogP contribution in [0.4, 0.5) is 5.69 Å². The molecule has 1 aromatic heterocycles. The molecule has 1 aliphatic heterocycles. The van der Waals surface area contributed by atoms with Gasteiger partial charge in [-0.25, -0.2) is 4.98 Å². The summed E-state index contributed by atoms with van der Waals surface area (Å²) in [5, 5.41) is 0. The Hall–Kier alpha value is -2.63. The van der Waals surface area contributed by atoms with Crippen molar-refractivity contribution in [3.8, 4) is 0 Å². The predicted molar refractivity (Wildman–Crippen MR) is 94.6 cm³/mol. The average Bonchev–Trinajstić information content (AvgIpc) is 2.97. The molecule has 1 fully saturated rings. The predicted octanol–water partition coefficient (Wildman–Crippen LogP) is 2.73. The lowest BCUT2D eigenvalue weighted by atomic mass is 10.1. The molecule has 0 N–H and O–H groups in total. The second-order valence-electron chi connectivity index (χ2n) is 6.50. The number of anilines is 1. The summed E-state index contributed by atoms with van der Waals surface area (Å²) >= 11 is 0. The normalized spacial score (nSPS) is 17.9. The minimum absolute atomic E-state index is 0.0372. The topological polar surface area (TPSA) is 66.7 Å². The van der Waals surface area contributed by atoms with Crippen LogP contribution >= 0.6 is 0 Å². The quantitative estimate of drug-likeness (QED) is 0.861. The number of carbonyl (C=O) groups is 2. The highest BCUT2D eigenvalue weighted by atomic mass is 16.4. The first-order valence-corrected chi connectivity index (χ1v) is 8.55. The molecule has 1 atom stereocenters. The third-order valence-electron chi connectivity index (χ3n) is 4.50. The lowest BCUT2D eigenvalue weighted by Crippen LogP contribution is -2.57. The summed E-state index contributed by atoms with van der Waals surface area (Å²) in [5.41, 5.74) is 2.54. The lowest BCUT2D eigenvalue weighted by molar-refractivity contribution is -0.121. The van der Waals surface area contributed by atoms with Gasteiger partial charge in [0.25, 0.3) is 5.91 Å². The van der Waals surface area contributed by atoms with Gasteiger partial charge in [-0.05, 0) is 38.5 Å².